The molecule has 0 aliphatic carbocycles. The second kappa shape index (κ2) is 7.89. The fourth-order valence-corrected chi connectivity index (χ4v) is 3.45. The van der Waals surface area contributed by atoms with E-state index < -0.39 is 0 Å². The molecule has 1 N–H and O–H groups in total. The predicted octanol–water partition coefficient (Wildman–Crippen LogP) is 3.80. The third kappa shape index (κ3) is 4.33. The molecule has 1 saturated heterocycles. The highest BCUT2D eigenvalue weighted by Crippen LogP contribution is 2.26. The number of carbonyl (C=O) groups excluding carboxylic acids is 1. The summed E-state index contributed by atoms with van der Waals surface area (Å²) in [7, 11) is 0. The zero-order valence-corrected chi connectivity index (χ0v) is 15.5. The number of rotatable bonds is 4. The van der Waals surface area contributed by atoms with Crippen LogP contribution in [0.4, 0.5) is 11.4 Å². The average molecular weight is 358 g/mol. The Morgan fingerprint density at radius 2 is 1.80 bits per heavy atom. The van der Waals surface area contributed by atoms with Gasteiger partial charge in [-0.05, 0) is 43.7 Å². The van der Waals surface area contributed by atoms with E-state index in [0.717, 1.165) is 48.1 Å². The van der Waals surface area contributed by atoms with Crippen molar-refractivity contribution in [2.75, 3.05) is 36.4 Å². The van der Waals surface area contributed by atoms with Crippen molar-refractivity contribution >= 4 is 28.9 Å². The molecule has 0 radical (unpaired) electrons. The summed E-state index contributed by atoms with van der Waals surface area (Å²) in [5.41, 5.74) is 3.06. The zero-order valence-electron chi connectivity index (χ0n) is 14.7. The van der Waals surface area contributed by atoms with Gasteiger partial charge in [-0.1, -0.05) is 35.9 Å². The number of para-hydroxylation sites is 1. The molecule has 1 fully saturated rings. The molecule has 0 unspecified atom stereocenters. The molecule has 1 aliphatic heterocycles. The number of hydrogen-bond donors (Lipinski definition) is 1. The Morgan fingerprint density at radius 3 is 2.48 bits per heavy atom. The summed E-state index contributed by atoms with van der Waals surface area (Å²) >= 11 is 6.29. The van der Waals surface area contributed by atoms with Crippen LogP contribution in [0.1, 0.15) is 12.5 Å². The van der Waals surface area contributed by atoms with Crippen LogP contribution in [-0.4, -0.2) is 43.0 Å². The van der Waals surface area contributed by atoms with E-state index in [9.17, 15) is 4.79 Å². The van der Waals surface area contributed by atoms with Gasteiger partial charge in [-0.3, -0.25) is 9.69 Å². The van der Waals surface area contributed by atoms with E-state index in [4.69, 9.17) is 11.6 Å². The number of halogens is 1. The van der Waals surface area contributed by atoms with Gasteiger partial charge in [0.2, 0.25) is 5.91 Å². The Balaban J connectivity index is 1.57. The lowest BCUT2D eigenvalue weighted by Crippen LogP contribution is -2.52. The largest absolute Gasteiger partial charge is 0.368 e. The van der Waals surface area contributed by atoms with Crippen molar-refractivity contribution in [3.8, 4) is 0 Å². The average Bonchev–Trinajstić information content (AvgIpc) is 2.62. The monoisotopic (exact) mass is 357 g/mol. The molecule has 2 aromatic rings. The first-order chi connectivity index (χ1) is 12.0. The first-order valence-corrected chi connectivity index (χ1v) is 9.03. The van der Waals surface area contributed by atoms with Crippen LogP contribution < -0.4 is 10.2 Å². The van der Waals surface area contributed by atoms with Crippen LogP contribution in [0.3, 0.4) is 0 Å². The Bertz CT molecular complexity index is 741. The second-order valence-corrected chi connectivity index (χ2v) is 6.92. The summed E-state index contributed by atoms with van der Waals surface area (Å²) in [4.78, 5) is 17.0. The van der Waals surface area contributed by atoms with E-state index in [1.165, 1.54) is 0 Å². The molecule has 132 valence electrons. The van der Waals surface area contributed by atoms with Gasteiger partial charge in [-0.25, -0.2) is 0 Å². The van der Waals surface area contributed by atoms with Crippen molar-refractivity contribution in [2.45, 2.75) is 19.9 Å². The Hall–Kier alpha value is -2.04. The summed E-state index contributed by atoms with van der Waals surface area (Å²) in [6.45, 7) is 7.40. The lowest BCUT2D eigenvalue weighted by Gasteiger charge is -2.38. The van der Waals surface area contributed by atoms with Gasteiger partial charge in [0.25, 0.3) is 0 Å². The molecular weight excluding hydrogens is 334 g/mol. The van der Waals surface area contributed by atoms with Gasteiger partial charge < -0.3 is 10.2 Å². The summed E-state index contributed by atoms with van der Waals surface area (Å²) in [5.74, 6) is 0.0387. The van der Waals surface area contributed by atoms with Gasteiger partial charge in [-0.15, -0.1) is 0 Å². The Labute approximate surface area is 154 Å². The number of anilines is 2. The normalized spacial score (nSPS) is 16.5. The minimum Gasteiger partial charge on any atom is -0.368 e. The van der Waals surface area contributed by atoms with Crippen LogP contribution in [-0.2, 0) is 4.79 Å². The number of hydrogen-bond acceptors (Lipinski definition) is 3. The second-order valence-electron chi connectivity index (χ2n) is 6.51. The van der Waals surface area contributed by atoms with E-state index in [0.29, 0.717) is 0 Å². The van der Waals surface area contributed by atoms with Crippen LogP contribution in [0.2, 0.25) is 5.02 Å². The van der Waals surface area contributed by atoms with Gasteiger partial charge in [0, 0.05) is 31.9 Å². The molecule has 25 heavy (non-hydrogen) atoms. The third-order valence-corrected chi connectivity index (χ3v) is 5.04. The van der Waals surface area contributed by atoms with Crippen LogP contribution >= 0.6 is 11.6 Å². The van der Waals surface area contributed by atoms with Crippen molar-refractivity contribution in [1.29, 1.82) is 0 Å². The highest BCUT2D eigenvalue weighted by molar-refractivity contribution is 6.33. The summed E-state index contributed by atoms with van der Waals surface area (Å²) < 4.78 is 0. The van der Waals surface area contributed by atoms with Crippen LogP contribution in [0.5, 0.6) is 0 Å². The van der Waals surface area contributed by atoms with Crippen molar-refractivity contribution in [2.24, 2.45) is 0 Å². The quantitative estimate of drug-likeness (QED) is 0.904. The fourth-order valence-electron chi connectivity index (χ4n) is 3.19. The maximum atomic E-state index is 12.5. The van der Waals surface area contributed by atoms with Crippen molar-refractivity contribution in [3.63, 3.8) is 0 Å². The molecule has 1 aliphatic rings. The highest BCUT2D eigenvalue weighted by Gasteiger charge is 2.26. The van der Waals surface area contributed by atoms with E-state index >= 15 is 0 Å². The molecule has 0 saturated carbocycles. The minimum absolute atomic E-state index is 0.0387. The molecule has 5 heteroatoms. The SMILES string of the molecule is Cc1cccc(NC(=O)[C@H](C)N2CCN(c3ccccc3Cl)CC2)c1. The van der Waals surface area contributed by atoms with Gasteiger partial charge >= 0.3 is 0 Å². The summed E-state index contributed by atoms with van der Waals surface area (Å²) in [6, 6.07) is 15.6. The third-order valence-electron chi connectivity index (χ3n) is 4.72. The molecule has 0 bridgehead atoms. The first-order valence-electron chi connectivity index (χ1n) is 8.65. The van der Waals surface area contributed by atoms with Gasteiger partial charge in [0.05, 0.1) is 16.8 Å². The van der Waals surface area contributed by atoms with E-state index in [-0.39, 0.29) is 11.9 Å². The van der Waals surface area contributed by atoms with Gasteiger partial charge in [0.15, 0.2) is 0 Å². The molecular formula is C20H24ClN3O. The number of benzene rings is 2. The summed E-state index contributed by atoms with van der Waals surface area (Å²) in [6.07, 6.45) is 0. The maximum absolute atomic E-state index is 12.5. The lowest BCUT2D eigenvalue weighted by molar-refractivity contribution is -0.120. The minimum atomic E-state index is -0.158. The maximum Gasteiger partial charge on any atom is 0.241 e. The predicted molar refractivity (Wildman–Crippen MR) is 105 cm³/mol. The van der Waals surface area contributed by atoms with Crippen molar-refractivity contribution < 1.29 is 4.79 Å². The number of aryl methyl sites for hydroxylation is 1. The van der Waals surface area contributed by atoms with Crippen molar-refractivity contribution in [1.82, 2.24) is 4.90 Å². The van der Waals surface area contributed by atoms with Crippen LogP contribution in [0, 0.1) is 6.92 Å². The standard InChI is InChI=1S/C20H24ClN3O/c1-15-6-5-7-17(14-15)22-20(25)16(2)23-10-12-24(13-11-23)19-9-4-3-8-18(19)21/h3-9,14,16H,10-13H2,1-2H3,(H,22,25)/t16-/m0/s1. The zero-order chi connectivity index (χ0) is 17.8. The number of nitrogens with zero attached hydrogens (tertiary/aromatic N) is 2. The lowest BCUT2D eigenvalue weighted by atomic mass is 10.1. The van der Waals surface area contributed by atoms with Gasteiger partial charge in [0.1, 0.15) is 0 Å². The van der Waals surface area contributed by atoms with Crippen LogP contribution in [0.15, 0.2) is 48.5 Å². The van der Waals surface area contributed by atoms with E-state index in [1.807, 2.05) is 62.4 Å². The molecule has 3 rings (SSSR count). The number of amides is 1. The van der Waals surface area contributed by atoms with Crippen LogP contribution in [0.25, 0.3) is 0 Å². The molecule has 4 nitrogen and oxygen atoms in total. The van der Waals surface area contributed by atoms with Crippen molar-refractivity contribution in [3.05, 3.63) is 59.1 Å². The summed E-state index contributed by atoms with van der Waals surface area (Å²) in [5, 5.41) is 3.80. The highest BCUT2D eigenvalue weighted by atomic mass is 35.5. The molecule has 1 amide bonds. The fraction of sp³-hybridized carbons (Fsp3) is 0.350. The Morgan fingerprint density at radius 1 is 1.08 bits per heavy atom. The number of piperazine rings is 1. The van der Waals surface area contributed by atoms with Gasteiger partial charge in [-0.2, -0.15) is 0 Å². The Kier molecular flexibility index (Phi) is 5.61. The smallest absolute Gasteiger partial charge is 0.241 e. The molecule has 0 spiro atoms. The number of nitrogens with one attached hydrogen (secondary N) is 1. The topological polar surface area (TPSA) is 35.6 Å². The molecule has 0 aromatic heterocycles. The first kappa shape index (κ1) is 17.8. The van der Waals surface area contributed by atoms with E-state index in [2.05, 4.69) is 15.1 Å². The molecule has 1 heterocycles. The molecule has 2 aromatic carbocycles. The van der Waals surface area contributed by atoms with E-state index in [1.54, 1.807) is 0 Å². The number of carbonyl (C=O) groups is 1. The molecule has 1 atom stereocenters.